The molecule has 3 N–H and O–H groups in total. The van der Waals surface area contributed by atoms with E-state index in [4.69, 9.17) is 0 Å². The predicted molar refractivity (Wildman–Crippen MR) is 124 cm³/mol. The molecule has 2 fully saturated rings. The van der Waals surface area contributed by atoms with Crippen LogP contribution in [0.4, 0.5) is 18.9 Å². The number of benzene rings is 1. The maximum Gasteiger partial charge on any atom is 0.294 e. The quantitative estimate of drug-likeness (QED) is 0.346. The highest BCUT2D eigenvalue weighted by Crippen LogP contribution is 2.56. The number of alkyl halides is 2. The lowest BCUT2D eigenvalue weighted by Crippen LogP contribution is -2.61. The number of H-pyrrole nitrogens is 1. The van der Waals surface area contributed by atoms with Gasteiger partial charge in [-0.25, -0.2) is 13.2 Å². The van der Waals surface area contributed by atoms with E-state index in [0.717, 1.165) is 6.42 Å². The molecule has 37 heavy (non-hydrogen) atoms. The number of aryl methyl sites for hydroxylation is 1. The Labute approximate surface area is 208 Å². The van der Waals surface area contributed by atoms with Gasteiger partial charge in [-0.1, -0.05) is 11.3 Å². The minimum atomic E-state index is -3.00. The highest BCUT2D eigenvalue weighted by molar-refractivity contribution is 6.43. The molecule has 9 nitrogen and oxygen atoms in total. The van der Waals surface area contributed by atoms with E-state index < -0.39 is 47.7 Å². The summed E-state index contributed by atoms with van der Waals surface area (Å²) in [5, 5.41) is 14.8. The lowest BCUT2D eigenvalue weighted by Gasteiger charge is -2.46. The van der Waals surface area contributed by atoms with Gasteiger partial charge in [0.05, 0.1) is 28.7 Å². The van der Waals surface area contributed by atoms with Crippen molar-refractivity contribution in [1.82, 2.24) is 25.3 Å². The topological polar surface area (TPSA) is 122 Å². The molecule has 3 aromatic rings. The number of Topliss-reactive ketones (excluding diaryl/α,β-unsaturated/α-hetero) is 1. The third-order valence-electron chi connectivity index (χ3n) is 7.72. The van der Waals surface area contributed by atoms with Crippen molar-refractivity contribution in [2.45, 2.75) is 57.0 Å². The molecule has 12 heteroatoms. The summed E-state index contributed by atoms with van der Waals surface area (Å²) >= 11 is 0. The minimum absolute atomic E-state index is 0.0592. The summed E-state index contributed by atoms with van der Waals surface area (Å²) in [5.41, 5.74) is 0.729. The van der Waals surface area contributed by atoms with Crippen LogP contribution in [0, 0.1) is 25.6 Å². The van der Waals surface area contributed by atoms with Crippen LogP contribution in [0.15, 0.2) is 24.4 Å². The van der Waals surface area contributed by atoms with Gasteiger partial charge in [0.15, 0.2) is 0 Å². The van der Waals surface area contributed by atoms with Crippen molar-refractivity contribution in [2.24, 2.45) is 5.92 Å². The van der Waals surface area contributed by atoms with Crippen LogP contribution in [0.3, 0.4) is 0 Å². The number of rotatable bonds is 6. The predicted octanol–water partition coefficient (Wildman–Crippen LogP) is 3.36. The smallest absolute Gasteiger partial charge is 0.294 e. The Kier molecular flexibility index (Phi) is 4.92. The summed E-state index contributed by atoms with van der Waals surface area (Å²) in [6.45, 7) is 3.68. The Balaban J connectivity index is 1.31. The van der Waals surface area contributed by atoms with E-state index in [9.17, 15) is 27.6 Å². The van der Waals surface area contributed by atoms with Gasteiger partial charge in [0.2, 0.25) is 0 Å². The van der Waals surface area contributed by atoms with Gasteiger partial charge in [0, 0.05) is 36.7 Å². The minimum Gasteiger partial charge on any atom is -0.340 e. The summed E-state index contributed by atoms with van der Waals surface area (Å²) in [4.78, 5) is 39.9. The van der Waals surface area contributed by atoms with Crippen LogP contribution in [-0.2, 0) is 16.9 Å². The van der Waals surface area contributed by atoms with E-state index in [1.165, 1.54) is 12.3 Å². The molecule has 3 aliphatic rings. The molecule has 2 aliphatic carbocycles. The Morgan fingerprint density at radius 2 is 1.95 bits per heavy atom. The number of carbonyl (C=O) groups excluding carboxylic acids is 3. The molecule has 0 bridgehead atoms. The maximum absolute atomic E-state index is 14.0. The molecule has 0 saturated heterocycles. The van der Waals surface area contributed by atoms with Crippen molar-refractivity contribution in [3.63, 3.8) is 0 Å². The second kappa shape index (κ2) is 7.77. The largest absolute Gasteiger partial charge is 0.340 e. The van der Waals surface area contributed by atoms with Crippen LogP contribution in [0.2, 0.25) is 0 Å². The van der Waals surface area contributed by atoms with E-state index in [2.05, 4.69) is 26.0 Å². The normalized spacial score (nSPS) is 22.0. The van der Waals surface area contributed by atoms with Gasteiger partial charge in [0.25, 0.3) is 23.5 Å². The van der Waals surface area contributed by atoms with Gasteiger partial charge in [-0.05, 0) is 49.4 Å². The van der Waals surface area contributed by atoms with E-state index in [1.54, 1.807) is 30.5 Å². The SMILES string of the molecule is Cc1ccc(NC(=O)c2c(C)c(C(=O)C(=O)NC3(c4cnn[nH]4)CC(F)(F)C3)n3c2[C@H]2C[C@H]2C3)cc1F. The third-order valence-corrected chi connectivity index (χ3v) is 7.72. The maximum atomic E-state index is 14.0. The molecule has 0 radical (unpaired) electrons. The summed E-state index contributed by atoms with van der Waals surface area (Å²) in [7, 11) is 0. The molecule has 2 atom stereocenters. The molecule has 2 aromatic heterocycles. The fraction of sp³-hybridized carbons (Fsp3) is 0.400. The number of ketones is 1. The first-order valence-corrected chi connectivity index (χ1v) is 11.9. The number of halogens is 3. The first-order chi connectivity index (χ1) is 17.5. The van der Waals surface area contributed by atoms with Crippen LogP contribution >= 0.6 is 0 Å². The van der Waals surface area contributed by atoms with Crippen LogP contribution in [-0.4, -0.2) is 43.5 Å². The summed E-state index contributed by atoms with van der Waals surface area (Å²) in [6, 6.07) is 4.35. The number of anilines is 1. The highest BCUT2D eigenvalue weighted by atomic mass is 19.3. The number of hydrogen-bond donors (Lipinski definition) is 3. The number of aromatic nitrogens is 4. The van der Waals surface area contributed by atoms with Crippen LogP contribution in [0.5, 0.6) is 0 Å². The molecule has 0 unspecified atom stereocenters. The molecule has 2 saturated carbocycles. The first kappa shape index (κ1) is 23.4. The lowest BCUT2D eigenvalue weighted by molar-refractivity contribution is -0.148. The van der Waals surface area contributed by atoms with Crippen molar-refractivity contribution in [3.05, 3.63) is 64.0 Å². The molecule has 1 aromatic carbocycles. The first-order valence-electron chi connectivity index (χ1n) is 11.9. The van der Waals surface area contributed by atoms with Gasteiger partial charge in [-0.15, -0.1) is 5.10 Å². The zero-order valence-corrected chi connectivity index (χ0v) is 20.0. The van der Waals surface area contributed by atoms with E-state index in [0.29, 0.717) is 23.4 Å². The number of aromatic amines is 1. The van der Waals surface area contributed by atoms with Crippen molar-refractivity contribution >= 4 is 23.3 Å². The molecule has 192 valence electrons. The average molecular weight is 512 g/mol. The van der Waals surface area contributed by atoms with E-state index in [1.807, 2.05) is 0 Å². The monoisotopic (exact) mass is 512 g/mol. The number of amides is 2. The molecule has 0 spiro atoms. The van der Waals surface area contributed by atoms with Crippen molar-refractivity contribution < 1.29 is 27.6 Å². The molecular weight excluding hydrogens is 489 g/mol. The highest BCUT2D eigenvalue weighted by Gasteiger charge is 2.60. The molecule has 1 aliphatic heterocycles. The van der Waals surface area contributed by atoms with Crippen LogP contribution in [0.25, 0.3) is 0 Å². The average Bonchev–Trinajstić information content (AvgIpc) is 3.13. The summed E-state index contributed by atoms with van der Waals surface area (Å²) in [5.74, 6) is -5.59. The van der Waals surface area contributed by atoms with Crippen LogP contribution in [0.1, 0.15) is 68.5 Å². The molecular formula is C25H23F3N6O3. The van der Waals surface area contributed by atoms with Gasteiger partial charge >= 0.3 is 0 Å². The van der Waals surface area contributed by atoms with E-state index in [-0.39, 0.29) is 34.5 Å². The van der Waals surface area contributed by atoms with Crippen molar-refractivity contribution in [2.75, 3.05) is 5.32 Å². The number of nitrogens with zero attached hydrogens (tertiary/aromatic N) is 3. The number of hydrogen-bond acceptors (Lipinski definition) is 5. The number of fused-ring (bicyclic) bond motifs is 3. The standard InChI is InChI=1S/C25H23F3N6O3/c1-11-3-4-14(6-16(11)26)30-22(36)18-12(2)19(34-8-13-5-15(13)20(18)34)21(35)23(37)31-24(9-25(27,28)10-24)17-7-29-33-32-17/h3-4,6-7,13,15H,5,8-10H2,1-2H3,(H,30,36)(H,31,37)(H,29,32,33)/t13-,15-/m0/s1. The summed E-state index contributed by atoms with van der Waals surface area (Å²) < 4.78 is 43.4. The third kappa shape index (κ3) is 3.65. The zero-order valence-electron chi connectivity index (χ0n) is 20.0. The second-order valence-electron chi connectivity index (χ2n) is 10.3. The fourth-order valence-corrected chi connectivity index (χ4v) is 5.79. The number of nitrogens with one attached hydrogen (secondary N) is 3. The van der Waals surface area contributed by atoms with Gasteiger partial charge in [0.1, 0.15) is 5.82 Å². The van der Waals surface area contributed by atoms with Gasteiger partial charge < -0.3 is 15.2 Å². The molecule has 6 rings (SSSR count). The Bertz CT molecular complexity index is 1470. The molecule has 2 amide bonds. The van der Waals surface area contributed by atoms with Gasteiger partial charge in [-0.3, -0.25) is 19.5 Å². The second-order valence-corrected chi connectivity index (χ2v) is 10.3. The van der Waals surface area contributed by atoms with Gasteiger partial charge in [-0.2, -0.15) is 0 Å². The number of carbonyl (C=O) groups is 3. The van der Waals surface area contributed by atoms with Crippen molar-refractivity contribution in [1.29, 1.82) is 0 Å². The zero-order chi connectivity index (χ0) is 26.3. The summed E-state index contributed by atoms with van der Waals surface area (Å²) in [6.07, 6.45) is 0.718. The molecule has 3 heterocycles. The fourth-order valence-electron chi connectivity index (χ4n) is 5.79. The van der Waals surface area contributed by atoms with E-state index >= 15 is 0 Å². The van der Waals surface area contributed by atoms with Crippen molar-refractivity contribution in [3.8, 4) is 0 Å². The van der Waals surface area contributed by atoms with Crippen LogP contribution < -0.4 is 10.6 Å². The lowest BCUT2D eigenvalue weighted by atomic mass is 9.71. The Morgan fingerprint density at radius 1 is 1.19 bits per heavy atom. The Hall–Kier alpha value is -3.96. The Morgan fingerprint density at radius 3 is 2.59 bits per heavy atom.